The molecule has 2 bridgehead atoms. The van der Waals surface area contributed by atoms with Crippen molar-refractivity contribution in [1.29, 1.82) is 0 Å². The number of nitrogens with zero attached hydrogens (tertiary/aromatic N) is 1. The van der Waals surface area contributed by atoms with Crippen LogP contribution in [0.1, 0.15) is 54.6 Å². The van der Waals surface area contributed by atoms with E-state index in [2.05, 4.69) is 10.2 Å². The van der Waals surface area contributed by atoms with Gasteiger partial charge in [0, 0.05) is 18.2 Å². The number of piperidine rings is 1. The van der Waals surface area contributed by atoms with Crippen LogP contribution in [0.2, 0.25) is 0 Å². The van der Waals surface area contributed by atoms with Crippen LogP contribution in [0.25, 0.3) is 0 Å². The van der Waals surface area contributed by atoms with Crippen molar-refractivity contribution in [2.24, 2.45) is 5.92 Å². The lowest BCUT2D eigenvalue weighted by Crippen LogP contribution is -2.73. The number of likely N-dealkylation sites (tertiary alicyclic amines) is 1. The van der Waals surface area contributed by atoms with Gasteiger partial charge in [-0.1, -0.05) is 18.2 Å². The number of fused-ring (bicyclic) bond motifs is 1. The fraction of sp³-hybridized carbons (Fsp3) is 0.448. The summed E-state index contributed by atoms with van der Waals surface area (Å²) in [6.07, 6.45) is 2.35. The highest BCUT2D eigenvalue weighted by Crippen LogP contribution is 2.63. The number of anilines is 1. The summed E-state index contributed by atoms with van der Waals surface area (Å²) in [5.74, 6) is -1.43. The zero-order valence-corrected chi connectivity index (χ0v) is 21.4. The van der Waals surface area contributed by atoms with Gasteiger partial charge in [0.2, 0.25) is 0 Å². The Kier molecular flexibility index (Phi) is 5.52. The largest absolute Gasteiger partial charge is 0.508 e. The molecule has 38 heavy (non-hydrogen) atoms. The van der Waals surface area contributed by atoms with Gasteiger partial charge in [0.25, 0.3) is 5.91 Å². The average molecular weight is 521 g/mol. The van der Waals surface area contributed by atoms with Gasteiger partial charge in [0.05, 0.1) is 27.8 Å². The van der Waals surface area contributed by atoms with Crippen LogP contribution in [-0.4, -0.2) is 68.0 Å². The topological polar surface area (TPSA) is 140 Å². The van der Waals surface area contributed by atoms with E-state index in [4.69, 9.17) is 4.74 Å². The number of nitrogens with one attached hydrogen (secondary N) is 1. The Morgan fingerprint density at radius 1 is 1.16 bits per heavy atom. The molecule has 5 N–H and O–H groups in total. The summed E-state index contributed by atoms with van der Waals surface area (Å²) < 4.78 is 6.24. The molecular weight excluding hydrogens is 488 g/mol. The molecule has 9 heteroatoms. The number of carboxylic acid groups (broad SMARTS) is 1. The number of hydrogen-bond acceptors (Lipinski definition) is 7. The number of carboxylic acids is 1. The number of hydrogen-bond donors (Lipinski definition) is 5. The summed E-state index contributed by atoms with van der Waals surface area (Å²) >= 11 is 0. The Morgan fingerprint density at radius 3 is 2.61 bits per heavy atom. The van der Waals surface area contributed by atoms with Gasteiger partial charge in [-0.05, 0) is 75.8 Å². The number of aliphatic hydroxyl groups is 2. The van der Waals surface area contributed by atoms with E-state index in [0.717, 1.165) is 12.1 Å². The highest BCUT2D eigenvalue weighted by atomic mass is 16.5. The molecule has 9 nitrogen and oxygen atoms in total. The Labute approximate surface area is 220 Å². The third kappa shape index (κ3) is 3.45. The molecule has 4 aliphatic rings. The zero-order valence-electron chi connectivity index (χ0n) is 21.4. The first-order valence-electron chi connectivity index (χ1n) is 13.1. The van der Waals surface area contributed by atoms with Crippen molar-refractivity contribution in [2.45, 2.75) is 62.7 Å². The van der Waals surface area contributed by atoms with Crippen LogP contribution >= 0.6 is 0 Å². The Morgan fingerprint density at radius 2 is 1.89 bits per heavy atom. The molecule has 2 fully saturated rings. The van der Waals surface area contributed by atoms with Gasteiger partial charge in [-0.3, -0.25) is 9.69 Å². The number of carbonyl (C=O) groups excluding carboxylic acids is 1. The quantitative estimate of drug-likeness (QED) is 0.289. The van der Waals surface area contributed by atoms with Crippen LogP contribution in [0, 0.1) is 5.92 Å². The number of ether oxygens (including phenoxy) is 1. The predicted molar refractivity (Wildman–Crippen MR) is 139 cm³/mol. The van der Waals surface area contributed by atoms with Gasteiger partial charge in [-0.15, -0.1) is 0 Å². The first-order chi connectivity index (χ1) is 18.1. The lowest BCUT2D eigenvalue weighted by Gasteiger charge is -2.59. The molecule has 1 saturated carbocycles. The Balaban J connectivity index is 1.41. The summed E-state index contributed by atoms with van der Waals surface area (Å²) in [6.45, 7) is 4.82. The second-order valence-electron chi connectivity index (χ2n) is 11.3. The van der Waals surface area contributed by atoms with Crippen molar-refractivity contribution >= 4 is 17.6 Å². The van der Waals surface area contributed by atoms with E-state index < -0.39 is 29.0 Å². The van der Waals surface area contributed by atoms with Crippen molar-refractivity contribution in [2.75, 3.05) is 18.4 Å². The molecule has 2 aromatic rings. The van der Waals surface area contributed by atoms with Crippen LogP contribution in [0.5, 0.6) is 11.5 Å². The SMILES string of the molecule is C/C(C(=O)Nc1ccccc1C(=O)O)=C(/O)[C@@H]1Oc2c(O)ccc3c2[C@@]12CCN(CC1CC1)[C@H](C3)[C@@]2(C)O. The van der Waals surface area contributed by atoms with E-state index in [0.29, 0.717) is 30.9 Å². The highest BCUT2D eigenvalue weighted by Gasteiger charge is 2.69. The number of aliphatic hydroxyl groups excluding tert-OH is 1. The number of amides is 1. The van der Waals surface area contributed by atoms with Crippen molar-refractivity contribution in [1.82, 2.24) is 4.90 Å². The van der Waals surface area contributed by atoms with Crippen molar-refractivity contribution in [3.63, 3.8) is 0 Å². The number of aromatic hydroxyl groups is 1. The average Bonchev–Trinajstić information content (AvgIpc) is 3.62. The molecule has 0 unspecified atom stereocenters. The minimum atomic E-state index is -1.32. The third-order valence-corrected chi connectivity index (χ3v) is 9.12. The van der Waals surface area contributed by atoms with Crippen LogP contribution in [0.15, 0.2) is 47.7 Å². The van der Waals surface area contributed by atoms with Gasteiger partial charge in [-0.25, -0.2) is 4.79 Å². The molecule has 2 aromatic carbocycles. The zero-order chi connectivity index (χ0) is 27.0. The number of rotatable bonds is 6. The lowest BCUT2D eigenvalue weighted by molar-refractivity contribution is -0.153. The van der Waals surface area contributed by atoms with E-state index in [-0.39, 0.29) is 40.1 Å². The van der Waals surface area contributed by atoms with Crippen molar-refractivity contribution < 1.29 is 34.8 Å². The summed E-state index contributed by atoms with van der Waals surface area (Å²) in [5.41, 5.74) is -0.775. The van der Waals surface area contributed by atoms with Gasteiger partial charge < -0.3 is 30.5 Å². The minimum absolute atomic E-state index is 0.0586. The van der Waals surface area contributed by atoms with Crippen LogP contribution in [0.3, 0.4) is 0 Å². The standard InChI is InChI=1S/C29H32N2O7/c1-15(26(34)30-19-6-4-3-5-18(19)27(35)36)23(33)25-29-11-12-31(14-16-7-8-16)21(28(29,2)37)13-17-9-10-20(32)24(38-25)22(17)29/h3-6,9-10,16,21,25,32-33,37H,7-8,11-14H2,1-2H3,(H,30,34)(H,35,36)/b23-15-/t21-,25+,28-,29+/m1/s1. The number of aromatic carboxylic acids is 1. The van der Waals surface area contributed by atoms with Crippen LogP contribution in [-0.2, 0) is 16.6 Å². The van der Waals surface area contributed by atoms with E-state index >= 15 is 0 Å². The number of para-hydroxylation sites is 1. The monoisotopic (exact) mass is 520 g/mol. The number of benzene rings is 2. The van der Waals surface area contributed by atoms with Gasteiger partial charge in [0.1, 0.15) is 5.76 Å². The molecule has 1 saturated heterocycles. The first-order valence-corrected chi connectivity index (χ1v) is 13.1. The number of phenolic OH excluding ortho intramolecular Hbond substituents is 1. The molecule has 6 rings (SSSR count). The van der Waals surface area contributed by atoms with E-state index in [1.807, 2.05) is 6.07 Å². The van der Waals surface area contributed by atoms with Crippen LogP contribution < -0.4 is 10.1 Å². The lowest BCUT2D eigenvalue weighted by atomic mass is 9.53. The molecule has 1 amide bonds. The molecule has 2 aliphatic carbocycles. The number of phenols is 1. The van der Waals surface area contributed by atoms with Gasteiger partial charge in [-0.2, -0.15) is 0 Å². The second kappa shape index (κ2) is 8.47. The predicted octanol–water partition coefficient (Wildman–Crippen LogP) is 3.35. The van der Waals surface area contributed by atoms with E-state index in [1.165, 1.54) is 31.9 Å². The molecule has 2 aliphatic heterocycles. The molecular formula is C29H32N2O7. The maximum atomic E-state index is 13.2. The summed E-state index contributed by atoms with van der Waals surface area (Å²) in [5, 5.41) is 46.6. The minimum Gasteiger partial charge on any atom is -0.508 e. The summed E-state index contributed by atoms with van der Waals surface area (Å²) in [6, 6.07) is 9.25. The Bertz CT molecular complexity index is 1380. The third-order valence-electron chi connectivity index (χ3n) is 9.12. The Hall–Kier alpha value is -3.56. The van der Waals surface area contributed by atoms with E-state index in [1.54, 1.807) is 25.1 Å². The summed E-state index contributed by atoms with van der Waals surface area (Å²) in [4.78, 5) is 27.2. The van der Waals surface area contributed by atoms with Gasteiger partial charge >= 0.3 is 5.97 Å². The maximum absolute atomic E-state index is 13.2. The fourth-order valence-electron chi connectivity index (χ4n) is 6.88. The fourth-order valence-corrected chi connectivity index (χ4v) is 6.88. The maximum Gasteiger partial charge on any atom is 0.337 e. The first kappa shape index (κ1) is 24.8. The highest BCUT2D eigenvalue weighted by molar-refractivity contribution is 6.07. The second-order valence-corrected chi connectivity index (χ2v) is 11.3. The van der Waals surface area contributed by atoms with Gasteiger partial charge in [0.15, 0.2) is 17.6 Å². The summed E-state index contributed by atoms with van der Waals surface area (Å²) in [7, 11) is 0. The smallest absolute Gasteiger partial charge is 0.337 e. The van der Waals surface area contributed by atoms with Crippen LogP contribution in [0.4, 0.5) is 5.69 Å². The van der Waals surface area contributed by atoms with Crippen molar-refractivity contribution in [3.05, 3.63) is 64.4 Å². The van der Waals surface area contributed by atoms with E-state index in [9.17, 15) is 30.0 Å². The molecule has 1 spiro atoms. The molecule has 0 aromatic heterocycles. The molecule has 0 radical (unpaired) electrons. The number of carbonyl (C=O) groups is 2. The molecule has 2 heterocycles. The molecule has 4 atom stereocenters. The normalized spacial score (nSPS) is 30.2. The molecule has 200 valence electrons. The van der Waals surface area contributed by atoms with Crippen molar-refractivity contribution in [3.8, 4) is 11.5 Å².